The number of piperidine rings is 1. The van der Waals surface area contributed by atoms with Crippen LogP contribution < -0.4 is 9.47 Å². The molecular weight excluding hydrogens is 402 g/mol. The van der Waals surface area contributed by atoms with Gasteiger partial charge in [-0.05, 0) is 18.9 Å². The van der Waals surface area contributed by atoms with Gasteiger partial charge in [-0.15, -0.1) is 0 Å². The van der Waals surface area contributed by atoms with Crippen LogP contribution in [-0.2, 0) is 21.0 Å². The van der Waals surface area contributed by atoms with Crippen molar-refractivity contribution in [2.45, 2.75) is 25.5 Å². The first kappa shape index (κ1) is 22.7. The zero-order valence-corrected chi connectivity index (χ0v) is 18.2. The molecule has 2 aromatic heterocycles. The van der Waals surface area contributed by atoms with Crippen molar-refractivity contribution in [1.82, 2.24) is 24.4 Å². The van der Waals surface area contributed by atoms with Gasteiger partial charge in [0.2, 0.25) is 11.8 Å². The third-order valence-electron chi connectivity index (χ3n) is 5.12. The standard InChI is InChI=1S/C21H29N5O5/c1-28-12-13-31-15-26-11-8-22-19(26)16-6-9-25(10-7-16)18(27)5-4-17-14-23-21(30-3)24-20(17)29-2/h4-5,8,11,14,16H,6-7,9-10,12-13,15H2,1-3H3. The lowest BCUT2D eigenvalue weighted by Gasteiger charge is -2.31. The van der Waals surface area contributed by atoms with Gasteiger partial charge < -0.3 is 28.4 Å². The summed E-state index contributed by atoms with van der Waals surface area (Å²) in [5.74, 6) is 1.60. The maximum Gasteiger partial charge on any atom is 0.319 e. The third kappa shape index (κ3) is 6.02. The summed E-state index contributed by atoms with van der Waals surface area (Å²) in [5.41, 5.74) is 0.613. The van der Waals surface area contributed by atoms with Crippen LogP contribution in [0.1, 0.15) is 30.1 Å². The molecule has 168 valence electrons. The molecule has 0 aromatic carbocycles. The number of amides is 1. The topological polar surface area (TPSA) is 101 Å². The average molecular weight is 431 g/mol. The number of carbonyl (C=O) groups excluding carboxylic acids is 1. The van der Waals surface area contributed by atoms with E-state index in [4.69, 9.17) is 18.9 Å². The van der Waals surface area contributed by atoms with Crippen LogP contribution in [0.2, 0.25) is 0 Å². The number of rotatable bonds is 10. The Bertz CT molecular complexity index is 877. The number of hydrogen-bond acceptors (Lipinski definition) is 8. The van der Waals surface area contributed by atoms with Gasteiger partial charge in [-0.2, -0.15) is 4.98 Å². The first-order valence-corrected chi connectivity index (χ1v) is 10.2. The van der Waals surface area contributed by atoms with Crippen molar-refractivity contribution in [1.29, 1.82) is 0 Å². The minimum absolute atomic E-state index is 0.0532. The van der Waals surface area contributed by atoms with Crippen molar-refractivity contribution in [3.05, 3.63) is 36.1 Å². The second kappa shape index (κ2) is 11.4. The fraction of sp³-hybridized carbons (Fsp3) is 0.524. The van der Waals surface area contributed by atoms with Crippen LogP contribution >= 0.6 is 0 Å². The molecule has 0 radical (unpaired) electrons. The van der Waals surface area contributed by atoms with Crippen LogP contribution in [0.25, 0.3) is 6.08 Å². The van der Waals surface area contributed by atoms with E-state index in [0.29, 0.717) is 50.4 Å². The van der Waals surface area contributed by atoms with Crippen LogP contribution in [-0.4, -0.2) is 78.0 Å². The molecule has 0 aliphatic carbocycles. The predicted molar refractivity (Wildman–Crippen MR) is 113 cm³/mol. The van der Waals surface area contributed by atoms with E-state index >= 15 is 0 Å². The van der Waals surface area contributed by atoms with Gasteiger partial charge in [0.25, 0.3) is 0 Å². The number of aromatic nitrogens is 4. The highest BCUT2D eigenvalue weighted by molar-refractivity contribution is 5.92. The van der Waals surface area contributed by atoms with Crippen LogP contribution in [0.5, 0.6) is 11.9 Å². The zero-order chi connectivity index (χ0) is 22.1. The van der Waals surface area contributed by atoms with E-state index in [9.17, 15) is 4.79 Å². The van der Waals surface area contributed by atoms with E-state index in [2.05, 4.69) is 15.0 Å². The number of nitrogens with zero attached hydrogens (tertiary/aromatic N) is 5. The fourth-order valence-corrected chi connectivity index (χ4v) is 3.46. The molecule has 31 heavy (non-hydrogen) atoms. The monoisotopic (exact) mass is 431 g/mol. The molecule has 0 bridgehead atoms. The van der Waals surface area contributed by atoms with E-state index < -0.39 is 0 Å². The largest absolute Gasteiger partial charge is 0.480 e. The van der Waals surface area contributed by atoms with Crippen molar-refractivity contribution in [3.63, 3.8) is 0 Å². The minimum atomic E-state index is -0.0532. The molecule has 0 atom stereocenters. The molecule has 0 unspecified atom stereocenters. The SMILES string of the molecule is COCCOCn1ccnc1C1CCN(C(=O)C=Cc2cnc(OC)nc2OC)CC1. The van der Waals surface area contributed by atoms with Crippen LogP contribution in [0.3, 0.4) is 0 Å². The van der Waals surface area contributed by atoms with Gasteiger partial charge in [-0.1, -0.05) is 0 Å². The molecule has 1 aliphatic rings. The molecule has 2 aromatic rings. The van der Waals surface area contributed by atoms with Gasteiger partial charge in [-0.3, -0.25) is 4.79 Å². The van der Waals surface area contributed by atoms with Crippen LogP contribution in [0.4, 0.5) is 0 Å². The summed E-state index contributed by atoms with van der Waals surface area (Å²) in [4.78, 5) is 27.2. The van der Waals surface area contributed by atoms with Crippen molar-refractivity contribution >= 4 is 12.0 Å². The molecule has 0 saturated carbocycles. The highest BCUT2D eigenvalue weighted by atomic mass is 16.5. The Hall–Kier alpha value is -2.98. The molecule has 3 heterocycles. The first-order valence-electron chi connectivity index (χ1n) is 10.2. The summed E-state index contributed by atoms with van der Waals surface area (Å²) in [6.07, 6.45) is 10.2. The van der Waals surface area contributed by atoms with Gasteiger partial charge >= 0.3 is 6.01 Å². The van der Waals surface area contributed by atoms with Gasteiger partial charge in [0.15, 0.2) is 0 Å². The molecule has 1 saturated heterocycles. The van der Waals surface area contributed by atoms with E-state index in [0.717, 1.165) is 18.7 Å². The minimum Gasteiger partial charge on any atom is -0.480 e. The number of carbonyl (C=O) groups is 1. The zero-order valence-electron chi connectivity index (χ0n) is 18.2. The van der Waals surface area contributed by atoms with Gasteiger partial charge in [0.05, 0.1) is 33.0 Å². The second-order valence-electron chi connectivity index (χ2n) is 7.04. The Morgan fingerprint density at radius 2 is 1.97 bits per heavy atom. The molecular formula is C21H29N5O5. The van der Waals surface area contributed by atoms with Crippen molar-refractivity contribution < 1.29 is 23.7 Å². The molecule has 3 rings (SSSR count). The first-order chi connectivity index (χ1) is 15.2. The maximum absolute atomic E-state index is 12.6. The highest BCUT2D eigenvalue weighted by Crippen LogP contribution is 2.27. The van der Waals surface area contributed by atoms with Crippen molar-refractivity contribution in [3.8, 4) is 11.9 Å². The van der Waals surface area contributed by atoms with E-state index in [1.54, 1.807) is 25.6 Å². The van der Waals surface area contributed by atoms with Crippen molar-refractivity contribution in [2.24, 2.45) is 0 Å². The Morgan fingerprint density at radius 3 is 2.68 bits per heavy atom. The van der Waals surface area contributed by atoms with Crippen LogP contribution in [0, 0.1) is 0 Å². The Morgan fingerprint density at radius 1 is 1.16 bits per heavy atom. The highest BCUT2D eigenvalue weighted by Gasteiger charge is 2.25. The molecule has 1 amide bonds. The molecule has 0 N–H and O–H groups in total. The smallest absolute Gasteiger partial charge is 0.319 e. The van der Waals surface area contributed by atoms with Crippen molar-refractivity contribution in [2.75, 3.05) is 47.6 Å². The summed E-state index contributed by atoms with van der Waals surface area (Å²) in [5, 5.41) is 0. The van der Waals surface area contributed by atoms with Crippen LogP contribution in [0.15, 0.2) is 24.7 Å². The van der Waals surface area contributed by atoms with Gasteiger partial charge in [-0.25, -0.2) is 9.97 Å². The summed E-state index contributed by atoms with van der Waals surface area (Å²) in [6, 6.07) is 0.213. The maximum atomic E-state index is 12.6. The Balaban J connectivity index is 1.54. The second-order valence-corrected chi connectivity index (χ2v) is 7.04. The number of imidazole rings is 1. The molecule has 10 nitrogen and oxygen atoms in total. The molecule has 0 spiro atoms. The Kier molecular flexibility index (Phi) is 8.36. The lowest BCUT2D eigenvalue weighted by atomic mass is 9.96. The van der Waals surface area contributed by atoms with E-state index in [-0.39, 0.29) is 11.9 Å². The molecule has 1 fully saturated rings. The molecule has 10 heteroatoms. The number of methoxy groups -OCH3 is 3. The predicted octanol–water partition coefficient (Wildman–Crippen LogP) is 1.73. The number of ether oxygens (including phenoxy) is 4. The summed E-state index contributed by atoms with van der Waals surface area (Å²) in [7, 11) is 4.65. The summed E-state index contributed by atoms with van der Waals surface area (Å²) < 4.78 is 22.9. The average Bonchev–Trinajstić information content (AvgIpc) is 3.28. The van der Waals surface area contributed by atoms with E-state index in [1.165, 1.54) is 20.3 Å². The third-order valence-corrected chi connectivity index (χ3v) is 5.12. The number of hydrogen-bond donors (Lipinski definition) is 0. The fourth-order valence-electron chi connectivity index (χ4n) is 3.46. The quantitative estimate of drug-likeness (QED) is 0.414. The lowest BCUT2D eigenvalue weighted by Crippen LogP contribution is -2.37. The van der Waals surface area contributed by atoms with Gasteiger partial charge in [0, 0.05) is 50.8 Å². The van der Waals surface area contributed by atoms with Gasteiger partial charge in [0.1, 0.15) is 12.6 Å². The summed E-state index contributed by atoms with van der Waals surface area (Å²) in [6.45, 7) is 2.89. The van der Waals surface area contributed by atoms with E-state index in [1.807, 2.05) is 15.7 Å². The lowest BCUT2D eigenvalue weighted by molar-refractivity contribution is -0.127. The molecule has 1 aliphatic heterocycles. The normalized spacial score (nSPS) is 14.9. The number of likely N-dealkylation sites (tertiary alicyclic amines) is 1. The Labute approximate surface area is 181 Å². The summed E-state index contributed by atoms with van der Waals surface area (Å²) >= 11 is 0.